The van der Waals surface area contributed by atoms with E-state index in [2.05, 4.69) is 30.3 Å². The third-order valence-corrected chi connectivity index (χ3v) is 3.46. The van der Waals surface area contributed by atoms with E-state index in [1.165, 1.54) is 11.1 Å². The molecule has 0 bridgehead atoms. The van der Waals surface area contributed by atoms with E-state index in [4.69, 9.17) is 17.3 Å². The Labute approximate surface area is 114 Å². The Kier molecular flexibility index (Phi) is 4.80. The lowest BCUT2D eigenvalue weighted by molar-refractivity contribution is 0.634. The van der Waals surface area contributed by atoms with Gasteiger partial charge in [-0.1, -0.05) is 54.1 Å². The van der Waals surface area contributed by atoms with Gasteiger partial charge in [0.05, 0.1) is 0 Å². The van der Waals surface area contributed by atoms with Crippen molar-refractivity contribution in [3.05, 3.63) is 70.7 Å². The summed E-state index contributed by atoms with van der Waals surface area (Å²) in [6.07, 6.45) is 2.07. The second-order valence-electron chi connectivity index (χ2n) is 4.51. The Hall–Kier alpha value is -1.31. The van der Waals surface area contributed by atoms with Crippen LogP contribution in [-0.2, 0) is 6.42 Å². The van der Waals surface area contributed by atoms with Gasteiger partial charge >= 0.3 is 0 Å². The van der Waals surface area contributed by atoms with E-state index >= 15 is 0 Å². The second-order valence-corrected chi connectivity index (χ2v) is 4.95. The first-order chi connectivity index (χ1) is 8.79. The Morgan fingerprint density at radius 3 is 2.44 bits per heavy atom. The molecular formula is C16H18ClN. The van der Waals surface area contributed by atoms with E-state index in [1.54, 1.807) is 0 Å². The molecule has 0 radical (unpaired) electrons. The zero-order valence-electron chi connectivity index (χ0n) is 10.4. The van der Waals surface area contributed by atoms with Crippen molar-refractivity contribution < 1.29 is 0 Å². The van der Waals surface area contributed by atoms with E-state index in [0.717, 1.165) is 17.9 Å². The highest BCUT2D eigenvalue weighted by atomic mass is 35.5. The molecule has 0 aromatic heterocycles. The summed E-state index contributed by atoms with van der Waals surface area (Å²) in [6.45, 7) is 0.685. The fourth-order valence-corrected chi connectivity index (χ4v) is 2.39. The van der Waals surface area contributed by atoms with Gasteiger partial charge in [0, 0.05) is 5.02 Å². The van der Waals surface area contributed by atoms with Crippen molar-refractivity contribution in [2.75, 3.05) is 6.54 Å². The van der Waals surface area contributed by atoms with Crippen LogP contribution in [0.25, 0.3) is 0 Å². The van der Waals surface area contributed by atoms with Gasteiger partial charge in [-0.15, -0.1) is 0 Å². The lowest BCUT2D eigenvalue weighted by Gasteiger charge is -2.15. The summed E-state index contributed by atoms with van der Waals surface area (Å²) in [7, 11) is 0. The van der Waals surface area contributed by atoms with Crippen molar-refractivity contribution >= 4 is 11.6 Å². The number of hydrogen-bond acceptors (Lipinski definition) is 1. The summed E-state index contributed by atoms with van der Waals surface area (Å²) < 4.78 is 0. The molecule has 18 heavy (non-hydrogen) atoms. The predicted molar refractivity (Wildman–Crippen MR) is 78.0 cm³/mol. The van der Waals surface area contributed by atoms with Crippen LogP contribution in [0.2, 0.25) is 5.02 Å². The van der Waals surface area contributed by atoms with Crippen LogP contribution in [0.4, 0.5) is 0 Å². The molecule has 0 saturated carbocycles. The lowest BCUT2D eigenvalue weighted by atomic mass is 9.92. The predicted octanol–water partition coefficient (Wildman–Crippen LogP) is 4.02. The van der Waals surface area contributed by atoms with Gasteiger partial charge in [0.15, 0.2) is 0 Å². The zero-order chi connectivity index (χ0) is 12.8. The van der Waals surface area contributed by atoms with Crippen molar-refractivity contribution in [1.29, 1.82) is 0 Å². The van der Waals surface area contributed by atoms with Gasteiger partial charge in [-0.3, -0.25) is 0 Å². The highest BCUT2D eigenvalue weighted by Gasteiger charge is 2.09. The van der Waals surface area contributed by atoms with Crippen LogP contribution < -0.4 is 5.73 Å². The van der Waals surface area contributed by atoms with Gasteiger partial charge < -0.3 is 5.73 Å². The molecule has 0 saturated heterocycles. The standard InChI is InChI=1S/C16H18ClN/c17-16-8-4-5-13(11-16)9-10-15(12-18)14-6-2-1-3-7-14/h1-8,11,15H,9-10,12,18H2. The van der Waals surface area contributed by atoms with Gasteiger partial charge in [-0.2, -0.15) is 0 Å². The molecule has 0 amide bonds. The quantitative estimate of drug-likeness (QED) is 0.863. The number of nitrogens with two attached hydrogens (primary N) is 1. The molecule has 2 heteroatoms. The normalized spacial score (nSPS) is 12.3. The average Bonchev–Trinajstić information content (AvgIpc) is 2.41. The van der Waals surface area contributed by atoms with Gasteiger partial charge in [-0.05, 0) is 48.6 Å². The summed E-state index contributed by atoms with van der Waals surface area (Å²) in [4.78, 5) is 0. The smallest absolute Gasteiger partial charge is 0.0408 e. The van der Waals surface area contributed by atoms with Gasteiger partial charge in [0.1, 0.15) is 0 Å². The number of hydrogen-bond donors (Lipinski definition) is 1. The van der Waals surface area contributed by atoms with Crippen molar-refractivity contribution in [3.63, 3.8) is 0 Å². The fourth-order valence-electron chi connectivity index (χ4n) is 2.18. The van der Waals surface area contributed by atoms with Crippen molar-refractivity contribution in [2.24, 2.45) is 5.73 Å². The molecule has 0 spiro atoms. The maximum absolute atomic E-state index is 5.99. The molecule has 1 nitrogen and oxygen atoms in total. The topological polar surface area (TPSA) is 26.0 Å². The number of aryl methyl sites for hydroxylation is 1. The maximum atomic E-state index is 5.99. The Balaban J connectivity index is 2.00. The average molecular weight is 260 g/mol. The SMILES string of the molecule is NCC(CCc1cccc(Cl)c1)c1ccccc1. The number of rotatable bonds is 5. The Morgan fingerprint density at radius 1 is 1.00 bits per heavy atom. The molecular weight excluding hydrogens is 242 g/mol. The minimum atomic E-state index is 0.421. The number of halogens is 1. The third kappa shape index (κ3) is 3.59. The summed E-state index contributed by atoms with van der Waals surface area (Å²) >= 11 is 5.99. The number of benzene rings is 2. The van der Waals surface area contributed by atoms with E-state index in [1.807, 2.05) is 24.3 Å². The molecule has 0 aliphatic carbocycles. The second kappa shape index (κ2) is 6.58. The Morgan fingerprint density at radius 2 is 1.78 bits per heavy atom. The van der Waals surface area contributed by atoms with Gasteiger partial charge in [0.25, 0.3) is 0 Å². The monoisotopic (exact) mass is 259 g/mol. The summed E-state index contributed by atoms with van der Waals surface area (Å²) in [5.74, 6) is 0.421. The molecule has 0 aliphatic rings. The highest BCUT2D eigenvalue weighted by Crippen LogP contribution is 2.21. The van der Waals surface area contributed by atoms with Crippen LogP contribution in [0.5, 0.6) is 0 Å². The molecule has 0 aliphatic heterocycles. The van der Waals surface area contributed by atoms with Gasteiger partial charge in [-0.25, -0.2) is 0 Å². The zero-order valence-corrected chi connectivity index (χ0v) is 11.1. The van der Waals surface area contributed by atoms with Crippen molar-refractivity contribution in [1.82, 2.24) is 0 Å². The molecule has 2 rings (SSSR count). The minimum absolute atomic E-state index is 0.421. The molecule has 0 heterocycles. The molecule has 1 atom stereocenters. The van der Waals surface area contributed by atoms with Crippen LogP contribution in [0.3, 0.4) is 0 Å². The lowest BCUT2D eigenvalue weighted by Crippen LogP contribution is -2.13. The summed E-state index contributed by atoms with van der Waals surface area (Å²) in [5.41, 5.74) is 8.47. The van der Waals surface area contributed by atoms with Crippen LogP contribution >= 0.6 is 11.6 Å². The summed E-state index contributed by atoms with van der Waals surface area (Å²) in [6, 6.07) is 18.5. The maximum Gasteiger partial charge on any atom is 0.0408 e. The first-order valence-corrected chi connectivity index (χ1v) is 6.67. The first-order valence-electron chi connectivity index (χ1n) is 6.29. The van der Waals surface area contributed by atoms with Gasteiger partial charge in [0.2, 0.25) is 0 Å². The molecule has 0 fully saturated rings. The molecule has 2 N–H and O–H groups in total. The van der Waals surface area contributed by atoms with Crippen LogP contribution in [0, 0.1) is 0 Å². The highest BCUT2D eigenvalue weighted by molar-refractivity contribution is 6.30. The Bertz CT molecular complexity index is 481. The summed E-state index contributed by atoms with van der Waals surface area (Å²) in [5, 5.41) is 0.802. The van der Waals surface area contributed by atoms with Crippen LogP contribution in [0.1, 0.15) is 23.5 Å². The van der Waals surface area contributed by atoms with E-state index in [0.29, 0.717) is 12.5 Å². The molecule has 1 unspecified atom stereocenters. The molecule has 94 valence electrons. The first kappa shape index (κ1) is 13.1. The fraction of sp³-hybridized carbons (Fsp3) is 0.250. The third-order valence-electron chi connectivity index (χ3n) is 3.23. The largest absolute Gasteiger partial charge is 0.330 e. The van der Waals surface area contributed by atoms with E-state index in [9.17, 15) is 0 Å². The molecule has 2 aromatic rings. The minimum Gasteiger partial charge on any atom is -0.330 e. The van der Waals surface area contributed by atoms with Crippen LogP contribution in [-0.4, -0.2) is 6.54 Å². The molecule has 2 aromatic carbocycles. The van der Waals surface area contributed by atoms with Crippen molar-refractivity contribution in [3.8, 4) is 0 Å². The van der Waals surface area contributed by atoms with E-state index in [-0.39, 0.29) is 0 Å². The van der Waals surface area contributed by atoms with Crippen LogP contribution in [0.15, 0.2) is 54.6 Å². The van der Waals surface area contributed by atoms with E-state index < -0.39 is 0 Å². The van der Waals surface area contributed by atoms with Crippen molar-refractivity contribution in [2.45, 2.75) is 18.8 Å².